The summed E-state index contributed by atoms with van der Waals surface area (Å²) < 4.78 is 0. The van der Waals surface area contributed by atoms with E-state index < -0.39 is 0 Å². The van der Waals surface area contributed by atoms with Gasteiger partial charge in [0.1, 0.15) is 0 Å². The van der Waals surface area contributed by atoms with Gasteiger partial charge in [-0.2, -0.15) is 0 Å². The smallest absolute Gasteiger partial charge is 0.190 e. The zero-order chi connectivity index (χ0) is 13.3. The highest BCUT2D eigenvalue weighted by Gasteiger charge is 2.40. The van der Waals surface area contributed by atoms with E-state index in [1.54, 1.807) is 18.2 Å². The van der Waals surface area contributed by atoms with Gasteiger partial charge >= 0.3 is 0 Å². The molecule has 0 radical (unpaired) electrons. The van der Waals surface area contributed by atoms with Gasteiger partial charge in [-0.25, -0.2) is 0 Å². The van der Waals surface area contributed by atoms with Crippen molar-refractivity contribution < 1.29 is 0 Å². The minimum absolute atomic E-state index is 0.308. The minimum atomic E-state index is 0.308. The van der Waals surface area contributed by atoms with Crippen LogP contribution < -0.4 is 5.73 Å². The molecule has 3 rings (SSSR count). The molecule has 1 saturated heterocycles. The normalized spacial score (nSPS) is 27.4. The highest BCUT2D eigenvalue weighted by Crippen LogP contribution is 2.43. The van der Waals surface area contributed by atoms with Crippen molar-refractivity contribution in [3.8, 4) is 0 Å². The molecule has 1 heterocycles. The van der Waals surface area contributed by atoms with E-state index in [0.717, 1.165) is 13.1 Å². The third kappa shape index (κ3) is 2.11. The van der Waals surface area contributed by atoms with Crippen LogP contribution >= 0.6 is 0 Å². The van der Waals surface area contributed by atoms with Crippen molar-refractivity contribution in [1.82, 2.24) is 4.90 Å². The van der Waals surface area contributed by atoms with Gasteiger partial charge in [-0.1, -0.05) is 24.3 Å². The Morgan fingerprint density at radius 2 is 2.05 bits per heavy atom. The number of benzene rings is 1. The van der Waals surface area contributed by atoms with Gasteiger partial charge in [0.2, 0.25) is 0 Å². The lowest BCUT2D eigenvalue weighted by molar-refractivity contribution is 0.191. The van der Waals surface area contributed by atoms with E-state index in [9.17, 15) is 0 Å². The molecule has 1 atom stereocenters. The molecule has 3 nitrogen and oxygen atoms in total. The average Bonchev–Trinajstić information content (AvgIpc) is 2.47. The number of likely N-dealkylation sites (tertiary alicyclic amines) is 1. The van der Waals surface area contributed by atoms with Gasteiger partial charge in [-0.3, -0.25) is 4.99 Å². The van der Waals surface area contributed by atoms with E-state index in [4.69, 9.17) is 5.73 Å². The second kappa shape index (κ2) is 4.87. The Hall–Kier alpha value is -1.51. The molecule has 0 amide bonds. The van der Waals surface area contributed by atoms with Crippen LogP contribution in [0.4, 0.5) is 0 Å². The van der Waals surface area contributed by atoms with Gasteiger partial charge in [-0.05, 0) is 43.2 Å². The maximum absolute atomic E-state index is 6.03. The molecular weight excluding hydrogens is 234 g/mol. The quantitative estimate of drug-likeness (QED) is 0.572. The van der Waals surface area contributed by atoms with Gasteiger partial charge in [0.15, 0.2) is 5.96 Å². The maximum atomic E-state index is 6.03. The number of nitrogens with zero attached hydrogens (tertiary/aromatic N) is 2. The van der Waals surface area contributed by atoms with Crippen molar-refractivity contribution in [2.45, 2.75) is 37.5 Å². The summed E-state index contributed by atoms with van der Waals surface area (Å²) in [5.74, 6) is 0.696. The summed E-state index contributed by atoms with van der Waals surface area (Å²) in [4.78, 5) is 6.44. The number of rotatable bonds is 0. The number of hydrogen-bond donors (Lipinski definition) is 1. The van der Waals surface area contributed by atoms with Gasteiger partial charge in [0, 0.05) is 25.6 Å². The molecule has 1 unspecified atom stereocenters. The highest BCUT2D eigenvalue weighted by molar-refractivity contribution is 5.78. The fourth-order valence-corrected chi connectivity index (χ4v) is 3.90. The van der Waals surface area contributed by atoms with Crippen LogP contribution in [0, 0.1) is 0 Å². The molecule has 0 aromatic heterocycles. The summed E-state index contributed by atoms with van der Waals surface area (Å²) in [6, 6.07) is 8.98. The van der Waals surface area contributed by atoms with E-state index in [1.165, 1.54) is 32.1 Å². The molecule has 102 valence electrons. The summed E-state index contributed by atoms with van der Waals surface area (Å²) in [5.41, 5.74) is 9.45. The number of guanidine groups is 1. The fraction of sp³-hybridized carbons (Fsp3) is 0.562. The Labute approximate surface area is 115 Å². The molecular formula is C16H23N3. The zero-order valence-electron chi connectivity index (χ0n) is 11.7. The average molecular weight is 257 g/mol. The zero-order valence-corrected chi connectivity index (χ0v) is 11.7. The van der Waals surface area contributed by atoms with Crippen LogP contribution in [0.15, 0.2) is 29.3 Å². The fourth-order valence-electron chi connectivity index (χ4n) is 3.90. The topological polar surface area (TPSA) is 41.6 Å². The van der Waals surface area contributed by atoms with Crippen molar-refractivity contribution >= 4 is 5.96 Å². The Morgan fingerprint density at radius 3 is 2.89 bits per heavy atom. The van der Waals surface area contributed by atoms with Crippen molar-refractivity contribution in [2.24, 2.45) is 10.7 Å². The summed E-state index contributed by atoms with van der Waals surface area (Å²) in [5, 5.41) is 0. The lowest BCUT2D eigenvalue weighted by atomic mass is 9.66. The second-order valence-corrected chi connectivity index (χ2v) is 5.90. The van der Waals surface area contributed by atoms with Crippen molar-refractivity contribution in [3.63, 3.8) is 0 Å². The predicted octanol–water partition coefficient (Wildman–Crippen LogP) is 2.30. The lowest BCUT2D eigenvalue weighted by Gasteiger charge is -2.46. The molecule has 1 aliphatic heterocycles. The van der Waals surface area contributed by atoms with Crippen LogP contribution in [-0.2, 0) is 11.8 Å². The van der Waals surface area contributed by atoms with Gasteiger partial charge in [0.25, 0.3) is 0 Å². The van der Waals surface area contributed by atoms with E-state index in [2.05, 4.69) is 34.2 Å². The number of piperidine rings is 1. The first-order valence-electron chi connectivity index (χ1n) is 7.31. The standard InChI is InChI=1S/C16H23N3/c1-18-15(17)19-11-5-10-16(12-19)9-4-7-13-6-2-3-8-14(13)16/h2-3,6,8H,4-5,7,9-12H2,1H3,(H2,17,18). The lowest BCUT2D eigenvalue weighted by Crippen LogP contribution is -2.52. The third-order valence-electron chi connectivity index (χ3n) is 4.82. The van der Waals surface area contributed by atoms with E-state index in [0.29, 0.717) is 11.4 Å². The molecule has 1 aromatic carbocycles. The summed E-state index contributed by atoms with van der Waals surface area (Å²) in [6.07, 6.45) is 6.32. The van der Waals surface area contributed by atoms with Crippen LogP contribution in [-0.4, -0.2) is 31.0 Å². The monoisotopic (exact) mass is 257 g/mol. The first-order valence-corrected chi connectivity index (χ1v) is 7.31. The van der Waals surface area contributed by atoms with Gasteiger partial charge in [0.05, 0.1) is 0 Å². The Bertz CT molecular complexity index is 495. The largest absolute Gasteiger partial charge is 0.370 e. The molecule has 2 aliphatic rings. The number of nitrogens with two attached hydrogens (primary N) is 1. The van der Waals surface area contributed by atoms with E-state index >= 15 is 0 Å². The van der Waals surface area contributed by atoms with Crippen molar-refractivity contribution in [2.75, 3.05) is 20.1 Å². The summed E-state index contributed by atoms with van der Waals surface area (Å²) in [6.45, 7) is 2.08. The van der Waals surface area contributed by atoms with Crippen LogP contribution in [0.5, 0.6) is 0 Å². The number of aryl methyl sites for hydroxylation is 1. The molecule has 0 saturated carbocycles. The van der Waals surface area contributed by atoms with Gasteiger partial charge in [-0.15, -0.1) is 0 Å². The Kier molecular flexibility index (Phi) is 3.21. The Balaban J connectivity index is 1.96. The molecule has 0 bridgehead atoms. The van der Waals surface area contributed by atoms with Crippen LogP contribution in [0.25, 0.3) is 0 Å². The summed E-state index contributed by atoms with van der Waals surface area (Å²) in [7, 11) is 1.78. The SMILES string of the molecule is CN=C(N)N1CCCC2(CCCc3ccccc32)C1. The third-order valence-corrected chi connectivity index (χ3v) is 4.82. The van der Waals surface area contributed by atoms with Crippen LogP contribution in [0.2, 0.25) is 0 Å². The summed E-state index contributed by atoms with van der Waals surface area (Å²) >= 11 is 0. The minimum Gasteiger partial charge on any atom is -0.370 e. The maximum Gasteiger partial charge on any atom is 0.190 e. The van der Waals surface area contributed by atoms with Crippen molar-refractivity contribution in [1.29, 1.82) is 0 Å². The molecule has 3 heteroatoms. The van der Waals surface area contributed by atoms with E-state index in [-0.39, 0.29) is 0 Å². The van der Waals surface area contributed by atoms with Crippen LogP contribution in [0.1, 0.15) is 36.8 Å². The number of aliphatic imine (C=N–C) groups is 1. The Morgan fingerprint density at radius 1 is 1.26 bits per heavy atom. The highest BCUT2D eigenvalue weighted by atomic mass is 15.3. The molecule has 1 spiro atoms. The second-order valence-electron chi connectivity index (χ2n) is 5.90. The first-order chi connectivity index (χ1) is 9.25. The van der Waals surface area contributed by atoms with E-state index in [1.807, 2.05) is 0 Å². The number of fused-ring (bicyclic) bond motifs is 2. The van der Waals surface area contributed by atoms with Gasteiger partial charge < -0.3 is 10.6 Å². The number of hydrogen-bond acceptors (Lipinski definition) is 1. The first kappa shape index (κ1) is 12.5. The molecule has 2 N–H and O–H groups in total. The van der Waals surface area contributed by atoms with Crippen molar-refractivity contribution in [3.05, 3.63) is 35.4 Å². The molecule has 1 aliphatic carbocycles. The predicted molar refractivity (Wildman–Crippen MR) is 79.4 cm³/mol. The van der Waals surface area contributed by atoms with Crippen LogP contribution in [0.3, 0.4) is 0 Å². The molecule has 19 heavy (non-hydrogen) atoms. The molecule has 1 fully saturated rings. The molecule has 1 aromatic rings.